The van der Waals surface area contributed by atoms with Crippen LogP contribution in [0.15, 0.2) is 0 Å². The van der Waals surface area contributed by atoms with Crippen molar-refractivity contribution < 1.29 is 0 Å². The molecule has 2 rings (SSSR count). The molecule has 0 radical (unpaired) electrons. The molecule has 2 N–H and O–H groups in total. The smallest absolute Gasteiger partial charge is 0.0332 e. The molecule has 0 spiro atoms. The van der Waals surface area contributed by atoms with Crippen LogP contribution in [0, 0.1) is 23.7 Å². The standard InChI is InChI=1S/C16H32N2/c1-12(2)15-5-7-16(11-17,8-6-15)18-9-13(3)14(4)10-18/h12-15H,5-11,17H2,1-4H3. The first-order chi connectivity index (χ1) is 8.48. The van der Waals surface area contributed by atoms with E-state index >= 15 is 0 Å². The molecule has 2 fully saturated rings. The lowest BCUT2D eigenvalue weighted by Gasteiger charge is -2.47. The van der Waals surface area contributed by atoms with Crippen LogP contribution in [0.1, 0.15) is 53.4 Å². The molecule has 2 atom stereocenters. The van der Waals surface area contributed by atoms with Crippen LogP contribution in [0.3, 0.4) is 0 Å². The Morgan fingerprint density at radius 2 is 1.61 bits per heavy atom. The van der Waals surface area contributed by atoms with Gasteiger partial charge in [0, 0.05) is 25.2 Å². The summed E-state index contributed by atoms with van der Waals surface area (Å²) in [6.07, 6.45) is 5.42. The summed E-state index contributed by atoms with van der Waals surface area (Å²) in [7, 11) is 0. The molecule has 1 saturated carbocycles. The van der Waals surface area contributed by atoms with Crippen molar-refractivity contribution in [1.82, 2.24) is 4.90 Å². The Hall–Kier alpha value is -0.0800. The van der Waals surface area contributed by atoms with Crippen molar-refractivity contribution in [3.05, 3.63) is 0 Å². The van der Waals surface area contributed by atoms with E-state index in [0.29, 0.717) is 5.54 Å². The molecule has 2 nitrogen and oxygen atoms in total. The van der Waals surface area contributed by atoms with E-state index in [2.05, 4.69) is 32.6 Å². The third-order valence-electron chi connectivity index (χ3n) is 5.94. The Kier molecular flexibility index (Phi) is 4.38. The molecular formula is C16H32N2. The Morgan fingerprint density at radius 1 is 1.11 bits per heavy atom. The second-order valence-corrected chi connectivity index (χ2v) is 7.37. The van der Waals surface area contributed by atoms with Gasteiger partial charge in [0.05, 0.1) is 0 Å². The fraction of sp³-hybridized carbons (Fsp3) is 1.00. The molecule has 0 amide bonds. The fourth-order valence-electron chi connectivity index (χ4n) is 4.01. The van der Waals surface area contributed by atoms with Crippen molar-refractivity contribution in [2.75, 3.05) is 19.6 Å². The normalized spacial score (nSPS) is 42.7. The van der Waals surface area contributed by atoms with Gasteiger partial charge in [-0.05, 0) is 49.4 Å². The molecule has 2 unspecified atom stereocenters. The number of hydrogen-bond acceptors (Lipinski definition) is 2. The maximum atomic E-state index is 6.19. The van der Waals surface area contributed by atoms with Crippen LogP contribution in [0.25, 0.3) is 0 Å². The zero-order chi connectivity index (χ0) is 13.3. The summed E-state index contributed by atoms with van der Waals surface area (Å²) in [6, 6.07) is 0. The first-order valence-corrected chi connectivity index (χ1v) is 7.93. The second kappa shape index (κ2) is 5.50. The molecule has 0 aromatic rings. The number of hydrogen-bond donors (Lipinski definition) is 1. The van der Waals surface area contributed by atoms with E-state index in [0.717, 1.165) is 30.2 Å². The Balaban J connectivity index is 2.01. The van der Waals surface area contributed by atoms with E-state index in [4.69, 9.17) is 5.73 Å². The molecule has 18 heavy (non-hydrogen) atoms. The maximum Gasteiger partial charge on any atom is 0.0332 e. The van der Waals surface area contributed by atoms with Crippen LogP contribution < -0.4 is 5.73 Å². The lowest BCUT2D eigenvalue weighted by atomic mass is 9.72. The zero-order valence-electron chi connectivity index (χ0n) is 12.8. The number of nitrogens with two attached hydrogens (primary N) is 1. The monoisotopic (exact) mass is 252 g/mol. The van der Waals surface area contributed by atoms with E-state index in [1.54, 1.807) is 0 Å². The highest BCUT2D eigenvalue weighted by atomic mass is 15.2. The van der Waals surface area contributed by atoms with Crippen molar-refractivity contribution in [1.29, 1.82) is 0 Å². The highest BCUT2D eigenvalue weighted by Gasteiger charge is 2.43. The average molecular weight is 252 g/mol. The van der Waals surface area contributed by atoms with Crippen LogP contribution in [-0.2, 0) is 0 Å². The molecule has 1 aliphatic carbocycles. The summed E-state index contributed by atoms with van der Waals surface area (Å²) in [6.45, 7) is 12.9. The third-order valence-corrected chi connectivity index (χ3v) is 5.94. The quantitative estimate of drug-likeness (QED) is 0.836. The highest BCUT2D eigenvalue weighted by molar-refractivity contribution is 4.99. The van der Waals surface area contributed by atoms with Gasteiger partial charge in [-0.2, -0.15) is 0 Å². The van der Waals surface area contributed by atoms with Gasteiger partial charge in [-0.25, -0.2) is 0 Å². The van der Waals surface area contributed by atoms with Crippen LogP contribution >= 0.6 is 0 Å². The minimum Gasteiger partial charge on any atom is -0.329 e. The molecule has 106 valence electrons. The van der Waals surface area contributed by atoms with E-state index in [-0.39, 0.29) is 0 Å². The number of likely N-dealkylation sites (tertiary alicyclic amines) is 1. The largest absolute Gasteiger partial charge is 0.329 e. The molecule has 0 aromatic carbocycles. The Morgan fingerprint density at radius 3 is 2.00 bits per heavy atom. The van der Waals surface area contributed by atoms with Gasteiger partial charge >= 0.3 is 0 Å². The van der Waals surface area contributed by atoms with E-state index < -0.39 is 0 Å². The fourth-order valence-corrected chi connectivity index (χ4v) is 4.01. The SMILES string of the molecule is CC(C)C1CCC(CN)(N2CC(C)C(C)C2)CC1. The molecule has 0 aromatic heterocycles. The molecule has 2 heteroatoms. The van der Waals surface area contributed by atoms with Crippen LogP contribution in [0.4, 0.5) is 0 Å². The third kappa shape index (κ3) is 2.60. The number of nitrogens with zero attached hydrogens (tertiary/aromatic N) is 1. The lowest BCUT2D eigenvalue weighted by molar-refractivity contribution is 0.0497. The van der Waals surface area contributed by atoms with Gasteiger partial charge in [0.2, 0.25) is 0 Å². The molecule has 1 heterocycles. The summed E-state index contributed by atoms with van der Waals surface area (Å²) in [5.74, 6) is 3.46. The van der Waals surface area contributed by atoms with Gasteiger partial charge in [-0.15, -0.1) is 0 Å². The summed E-state index contributed by atoms with van der Waals surface area (Å²) in [4.78, 5) is 2.74. The van der Waals surface area contributed by atoms with Gasteiger partial charge in [0.25, 0.3) is 0 Å². The molecule has 2 aliphatic rings. The number of rotatable bonds is 3. The first kappa shape index (κ1) is 14.3. The van der Waals surface area contributed by atoms with Gasteiger partial charge in [0.1, 0.15) is 0 Å². The lowest BCUT2D eigenvalue weighted by Crippen LogP contribution is -2.55. The Labute approximate surface area is 113 Å². The molecule has 1 aliphatic heterocycles. The minimum atomic E-state index is 0.338. The molecule has 1 saturated heterocycles. The van der Waals surface area contributed by atoms with E-state index in [9.17, 15) is 0 Å². The molecule has 0 bridgehead atoms. The van der Waals surface area contributed by atoms with Crippen molar-refractivity contribution in [3.8, 4) is 0 Å². The highest BCUT2D eigenvalue weighted by Crippen LogP contribution is 2.41. The van der Waals surface area contributed by atoms with Crippen LogP contribution in [-0.4, -0.2) is 30.1 Å². The van der Waals surface area contributed by atoms with Crippen molar-refractivity contribution in [2.45, 2.75) is 58.9 Å². The van der Waals surface area contributed by atoms with Gasteiger partial charge in [-0.1, -0.05) is 27.7 Å². The van der Waals surface area contributed by atoms with Gasteiger partial charge in [0.15, 0.2) is 0 Å². The first-order valence-electron chi connectivity index (χ1n) is 7.93. The molecular weight excluding hydrogens is 220 g/mol. The van der Waals surface area contributed by atoms with Gasteiger partial charge < -0.3 is 5.73 Å². The Bertz CT molecular complexity index is 256. The second-order valence-electron chi connectivity index (χ2n) is 7.37. The van der Waals surface area contributed by atoms with Crippen molar-refractivity contribution in [2.24, 2.45) is 29.4 Å². The van der Waals surface area contributed by atoms with E-state index in [1.807, 2.05) is 0 Å². The van der Waals surface area contributed by atoms with Crippen LogP contribution in [0.2, 0.25) is 0 Å². The zero-order valence-corrected chi connectivity index (χ0v) is 12.8. The van der Waals surface area contributed by atoms with Crippen molar-refractivity contribution >= 4 is 0 Å². The van der Waals surface area contributed by atoms with Crippen molar-refractivity contribution in [3.63, 3.8) is 0 Å². The van der Waals surface area contributed by atoms with E-state index in [1.165, 1.54) is 38.8 Å². The average Bonchev–Trinajstić information content (AvgIpc) is 2.70. The van der Waals surface area contributed by atoms with Gasteiger partial charge in [-0.3, -0.25) is 4.90 Å². The minimum absolute atomic E-state index is 0.338. The summed E-state index contributed by atoms with van der Waals surface area (Å²) in [5, 5.41) is 0. The summed E-state index contributed by atoms with van der Waals surface area (Å²) in [5.41, 5.74) is 6.53. The predicted molar refractivity (Wildman–Crippen MR) is 78.5 cm³/mol. The predicted octanol–water partition coefficient (Wildman–Crippen LogP) is 3.12. The summed E-state index contributed by atoms with van der Waals surface area (Å²) >= 11 is 0. The van der Waals surface area contributed by atoms with Crippen LogP contribution in [0.5, 0.6) is 0 Å². The topological polar surface area (TPSA) is 29.3 Å². The summed E-state index contributed by atoms with van der Waals surface area (Å²) < 4.78 is 0. The maximum absolute atomic E-state index is 6.19.